The summed E-state index contributed by atoms with van der Waals surface area (Å²) < 4.78 is 0. The summed E-state index contributed by atoms with van der Waals surface area (Å²) in [4.78, 5) is 0. The molecule has 0 aliphatic heterocycles. The van der Waals surface area contributed by atoms with Gasteiger partial charge in [0.05, 0.1) is 0 Å². The third kappa shape index (κ3) is 6.39. The molecule has 266 valence electrons. The summed E-state index contributed by atoms with van der Waals surface area (Å²) in [5.74, 6) is 0. The van der Waals surface area contributed by atoms with Gasteiger partial charge in [0.1, 0.15) is 0 Å². The standard InChI is InChI=1S/C51H44.2CH3.Hf/c1-33-15-11-16-34(2)49(33)45-23-7-5-21-41(45)43-25-13-19-37-29-39(31-47(37)43)51(27-9-10-28-51)40-30-38-20-14-26-44(48(38)32-40)42-22-6-8-24-46(42)50-35(3)17-12-18-36(50)4;;;/h5-8,11-26,29-32H,9-10,27-28H2,1-4H3;2*1H3;/q-2;2*-1;+4. The average molecular weight is 865 g/mol. The van der Waals surface area contributed by atoms with Crippen LogP contribution < -0.4 is 0 Å². The number of rotatable bonds is 6. The molecule has 0 atom stereocenters. The van der Waals surface area contributed by atoms with E-state index in [4.69, 9.17) is 0 Å². The molecule has 0 amide bonds. The quantitative estimate of drug-likeness (QED) is 0.115. The number of hydrogen-bond acceptors (Lipinski definition) is 0. The van der Waals surface area contributed by atoms with Crippen LogP contribution in [0.25, 0.3) is 66.1 Å². The van der Waals surface area contributed by atoms with Gasteiger partial charge in [0.25, 0.3) is 0 Å². The Kier molecular flexibility index (Phi) is 11.3. The van der Waals surface area contributed by atoms with Crippen LogP contribution >= 0.6 is 0 Å². The predicted octanol–water partition coefficient (Wildman–Crippen LogP) is 15.1. The fraction of sp³-hybridized carbons (Fsp3) is 0.170. The zero-order valence-corrected chi connectivity index (χ0v) is 36.3. The van der Waals surface area contributed by atoms with E-state index in [0.29, 0.717) is 0 Å². The second-order valence-corrected chi connectivity index (χ2v) is 15.0. The fourth-order valence-corrected chi connectivity index (χ4v) is 9.56. The molecule has 0 N–H and O–H groups in total. The van der Waals surface area contributed by atoms with Crippen LogP contribution in [0.4, 0.5) is 0 Å². The summed E-state index contributed by atoms with van der Waals surface area (Å²) in [6.45, 7) is 8.95. The first kappa shape index (κ1) is 39.1. The van der Waals surface area contributed by atoms with Crippen molar-refractivity contribution in [2.45, 2.75) is 58.8 Å². The molecule has 1 fully saturated rings. The van der Waals surface area contributed by atoms with Crippen molar-refractivity contribution >= 4 is 21.5 Å². The SMILES string of the molecule is Cc1cccc(C)c1-c1ccccc1-c1cccc2[cH-]c(C3(c4cc5c(-c6ccccc6-c6c(C)cccc6C)cccc5[cH-]4)CCCC3)cc12.[CH3-].[CH3-].[Hf+4]. The van der Waals surface area contributed by atoms with E-state index in [1.54, 1.807) is 0 Å². The van der Waals surface area contributed by atoms with Gasteiger partial charge in [0.2, 0.25) is 0 Å². The van der Waals surface area contributed by atoms with Gasteiger partial charge in [0, 0.05) is 0 Å². The molecule has 0 saturated heterocycles. The van der Waals surface area contributed by atoms with Gasteiger partial charge in [-0.25, -0.2) is 0 Å². The van der Waals surface area contributed by atoms with Crippen LogP contribution in [0.15, 0.2) is 146 Å². The van der Waals surface area contributed by atoms with E-state index in [2.05, 4.69) is 173 Å². The normalized spacial score (nSPS) is 13.3. The predicted molar refractivity (Wildman–Crippen MR) is 232 cm³/mol. The molecule has 1 heteroatoms. The second kappa shape index (κ2) is 15.6. The van der Waals surface area contributed by atoms with E-state index < -0.39 is 0 Å². The maximum atomic E-state index is 2.55. The van der Waals surface area contributed by atoms with Gasteiger partial charge in [0.15, 0.2) is 0 Å². The van der Waals surface area contributed by atoms with Crippen molar-refractivity contribution in [3.8, 4) is 44.5 Å². The minimum absolute atomic E-state index is 0. The van der Waals surface area contributed by atoms with Crippen molar-refractivity contribution in [2.75, 3.05) is 0 Å². The minimum Gasteiger partial charge on any atom is -0.358 e. The molecule has 54 heavy (non-hydrogen) atoms. The van der Waals surface area contributed by atoms with E-state index in [0.717, 1.165) is 0 Å². The van der Waals surface area contributed by atoms with Crippen molar-refractivity contribution in [2.24, 2.45) is 0 Å². The van der Waals surface area contributed by atoms with Crippen molar-refractivity contribution in [1.82, 2.24) is 0 Å². The molecule has 1 aliphatic carbocycles. The molecule has 0 heterocycles. The fourth-order valence-electron chi connectivity index (χ4n) is 9.56. The molecule has 0 unspecified atom stereocenters. The molecule has 0 radical (unpaired) electrons. The molecule has 0 nitrogen and oxygen atoms in total. The maximum absolute atomic E-state index is 2.55. The van der Waals surface area contributed by atoms with Crippen LogP contribution in [0.5, 0.6) is 0 Å². The van der Waals surface area contributed by atoms with E-state index in [9.17, 15) is 0 Å². The van der Waals surface area contributed by atoms with Gasteiger partial charge in [-0.05, 0) is 102 Å². The number of benzene rings is 6. The zero-order valence-electron chi connectivity index (χ0n) is 32.7. The van der Waals surface area contributed by atoms with E-state index in [1.165, 1.54) is 125 Å². The van der Waals surface area contributed by atoms with Crippen LogP contribution in [-0.4, -0.2) is 0 Å². The van der Waals surface area contributed by atoms with Crippen LogP contribution in [0, 0.1) is 42.5 Å². The summed E-state index contributed by atoms with van der Waals surface area (Å²) in [7, 11) is 0. The van der Waals surface area contributed by atoms with Gasteiger partial charge >= 0.3 is 25.8 Å². The Morgan fingerprint density at radius 2 is 0.741 bits per heavy atom. The maximum Gasteiger partial charge on any atom is 4.00 e. The number of aryl methyl sites for hydroxylation is 4. The summed E-state index contributed by atoms with van der Waals surface area (Å²) in [5, 5.41) is 5.39. The molecule has 9 rings (SSSR count). The Labute approximate surface area is 342 Å². The Morgan fingerprint density at radius 1 is 0.407 bits per heavy atom. The largest absolute Gasteiger partial charge is 4.00 e. The van der Waals surface area contributed by atoms with Gasteiger partial charge in [-0.2, -0.15) is 12.1 Å². The molecule has 1 aliphatic rings. The van der Waals surface area contributed by atoms with Gasteiger partial charge in [-0.15, -0.1) is 69.1 Å². The third-order valence-electron chi connectivity index (χ3n) is 12.0. The van der Waals surface area contributed by atoms with Crippen LogP contribution in [0.1, 0.15) is 59.1 Å². The smallest absolute Gasteiger partial charge is 0.358 e. The van der Waals surface area contributed by atoms with Gasteiger partial charge in [-0.1, -0.05) is 121 Å². The summed E-state index contributed by atoms with van der Waals surface area (Å²) in [6, 6.07) is 55.2. The molecule has 1 saturated carbocycles. The Hall–Kier alpha value is -4.59. The summed E-state index contributed by atoms with van der Waals surface area (Å²) >= 11 is 0. The Balaban J connectivity index is 0.00000166. The van der Waals surface area contributed by atoms with Gasteiger partial charge in [-0.3, -0.25) is 0 Å². The van der Waals surface area contributed by atoms with Gasteiger partial charge < -0.3 is 14.9 Å². The van der Waals surface area contributed by atoms with Crippen molar-refractivity contribution in [3.63, 3.8) is 0 Å². The average Bonchev–Trinajstić information content (AvgIpc) is 3.91. The molecular formula is C53H50Hf. The monoisotopic (exact) mass is 866 g/mol. The molecule has 0 spiro atoms. The van der Waals surface area contributed by atoms with Crippen molar-refractivity contribution < 1.29 is 25.8 Å². The minimum atomic E-state index is 0. The summed E-state index contributed by atoms with van der Waals surface area (Å²) in [6.07, 6.45) is 4.88. The second-order valence-electron chi connectivity index (χ2n) is 15.0. The summed E-state index contributed by atoms with van der Waals surface area (Å²) in [5.41, 5.74) is 18.8. The van der Waals surface area contributed by atoms with Crippen molar-refractivity contribution in [1.29, 1.82) is 0 Å². The number of hydrogen-bond donors (Lipinski definition) is 0. The molecule has 8 aromatic rings. The van der Waals surface area contributed by atoms with E-state index in [-0.39, 0.29) is 46.1 Å². The number of fused-ring (bicyclic) bond motifs is 2. The molecule has 0 bridgehead atoms. The van der Waals surface area contributed by atoms with Crippen LogP contribution in [0.2, 0.25) is 0 Å². The third-order valence-corrected chi connectivity index (χ3v) is 12.0. The Bertz CT molecular complexity index is 2370. The molecular weight excluding hydrogens is 815 g/mol. The van der Waals surface area contributed by atoms with Crippen molar-refractivity contribution in [3.05, 3.63) is 194 Å². The topological polar surface area (TPSA) is 0 Å². The molecule has 0 aromatic heterocycles. The van der Waals surface area contributed by atoms with E-state index >= 15 is 0 Å². The van der Waals surface area contributed by atoms with Crippen LogP contribution in [-0.2, 0) is 31.3 Å². The molecule has 8 aromatic carbocycles. The van der Waals surface area contributed by atoms with E-state index in [1.807, 2.05) is 0 Å². The first-order valence-corrected chi connectivity index (χ1v) is 18.6. The Morgan fingerprint density at radius 3 is 1.13 bits per heavy atom. The van der Waals surface area contributed by atoms with Crippen LogP contribution in [0.3, 0.4) is 0 Å². The zero-order chi connectivity index (χ0) is 34.7. The first-order valence-electron chi connectivity index (χ1n) is 18.6. The first-order chi connectivity index (χ1) is 24.9.